The second kappa shape index (κ2) is 8.55. The van der Waals surface area contributed by atoms with E-state index in [-0.39, 0.29) is 0 Å². The van der Waals surface area contributed by atoms with Crippen LogP contribution >= 0.6 is 0 Å². The van der Waals surface area contributed by atoms with Gasteiger partial charge in [-0.05, 0) is 66.7 Å². The Labute approximate surface area is 237 Å². The van der Waals surface area contributed by atoms with Crippen molar-refractivity contribution in [2.24, 2.45) is 0 Å². The number of furan rings is 1. The summed E-state index contributed by atoms with van der Waals surface area (Å²) in [5, 5.41) is 9.81. The van der Waals surface area contributed by atoms with Crippen molar-refractivity contribution in [1.82, 2.24) is 0 Å². The molecule has 9 rings (SSSR count). The second-order valence-electron chi connectivity index (χ2n) is 10.8. The van der Waals surface area contributed by atoms with Gasteiger partial charge in [0.1, 0.15) is 11.2 Å². The zero-order chi connectivity index (χ0) is 26.9. The molecule has 1 heteroatoms. The summed E-state index contributed by atoms with van der Waals surface area (Å²) in [6, 6.07) is 52.5. The normalized spacial score (nSPS) is 11.9. The van der Waals surface area contributed by atoms with Gasteiger partial charge in [-0.15, -0.1) is 0 Å². The molecule has 0 saturated heterocycles. The van der Waals surface area contributed by atoms with Crippen LogP contribution in [-0.4, -0.2) is 0 Å². The molecule has 1 heterocycles. The van der Waals surface area contributed by atoms with Gasteiger partial charge in [-0.25, -0.2) is 0 Å². The molecule has 0 fully saturated rings. The first-order valence-corrected chi connectivity index (χ1v) is 14.1. The number of fused-ring (bicyclic) bond motifs is 2. The molecule has 0 aliphatic carbocycles. The lowest BCUT2D eigenvalue weighted by Crippen LogP contribution is -1.91. The quantitative estimate of drug-likeness (QED) is 0.167. The summed E-state index contributed by atoms with van der Waals surface area (Å²) in [6.07, 6.45) is 0. The highest BCUT2D eigenvalue weighted by molar-refractivity contribution is 6.28. The largest absolute Gasteiger partial charge is 0.455 e. The third kappa shape index (κ3) is 3.24. The molecule has 9 aromatic rings. The number of hydrogen-bond acceptors (Lipinski definition) is 1. The maximum Gasteiger partial charge on any atom is 0.143 e. The van der Waals surface area contributed by atoms with Crippen molar-refractivity contribution in [3.63, 3.8) is 0 Å². The average Bonchev–Trinajstić information content (AvgIpc) is 3.44. The Morgan fingerprint density at radius 2 is 0.878 bits per heavy atom. The first-order valence-electron chi connectivity index (χ1n) is 14.1. The van der Waals surface area contributed by atoms with Gasteiger partial charge in [0.05, 0.1) is 0 Å². The van der Waals surface area contributed by atoms with Crippen LogP contribution in [0.2, 0.25) is 0 Å². The van der Waals surface area contributed by atoms with E-state index in [1.807, 2.05) is 0 Å². The van der Waals surface area contributed by atoms with E-state index in [0.29, 0.717) is 0 Å². The van der Waals surface area contributed by atoms with Crippen LogP contribution < -0.4 is 0 Å². The van der Waals surface area contributed by atoms with Gasteiger partial charge in [-0.3, -0.25) is 0 Å². The summed E-state index contributed by atoms with van der Waals surface area (Å²) >= 11 is 0. The van der Waals surface area contributed by atoms with Crippen LogP contribution in [0.15, 0.2) is 150 Å². The van der Waals surface area contributed by atoms with E-state index in [1.54, 1.807) is 0 Å². The summed E-state index contributed by atoms with van der Waals surface area (Å²) < 4.78 is 6.67. The third-order valence-electron chi connectivity index (χ3n) is 8.63. The highest BCUT2D eigenvalue weighted by Gasteiger charge is 2.21. The lowest BCUT2D eigenvalue weighted by atomic mass is 9.85. The third-order valence-corrected chi connectivity index (χ3v) is 8.63. The van der Waals surface area contributed by atoms with Crippen molar-refractivity contribution in [3.8, 4) is 33.4 Å². The Morgan fingerprint density at radius 3 is 1.56 bits per heavy atom. The zero-order valence-corrected chi connectivity index (χ0v) is 22.3. The van der Waals surface area contributed by atoms with Gasteiger partial charge in [0, 0.05) is 21.9 Å². The lowest BCUT2D eigenvalue weighted by Gasteiger charge is -2.18. The molecular weight excluding hydrogens is 496 g/mol. The number of rotatable bonds is 3. The monoisotopic (exact) mass is 520 g/mol. The minimum atomic E-state index is 0.944. The van der Waals surface area contributed by atoms with Crippen molar-refractivity contribution in [2.45, 2.75) is 0 Å². The Hall–Kier alpha value is -5.40. The highest BCUT2D eigenvalue weighted by atomic mass is 16.3. The maximum absolute atomic E-state index is 6.67. The van der Waals surface area contributed by atoms with E-state index in [9.17, 15) is 0 Å². The topological polar surface area (TPSA) is 13.1 Å². The van der Waals surface area contributed by atoms with Gasteiger partial charge in [0.15, 0.2) is 0 Å². The van der Waals surface area contributed by atoms with Crippen LogP contribution in [0.3, 0.4) is 0 Å². The molecule has 0 amide bonds. The molecule has 1 nitrogen and oxygen atoms in total. The maximum atomic E-state index is 6.67. The summed E-state index contributed by atoms with van der Waals surface area (Å²) in [4.78, 5) is 0. The molecule has 0 bridgehead atoms. The Kier molecular flexibility index (Phi) is 4.67. The SMILES string of the molecule is c1ccc(-c2ccc(-c3c4ccccc4c(-c4ccc5ccc6cccc7oc4c5c67)c4ccccc34)cc2)cc1. The molecule has 190 valence electrons. The van der Waals surface area contributed by atoms with E-state index in [2.05, 4.69) is 146 Å². The first-order chi connectivity index (χ1) is 20.3. The molecule has 0 unspecified atom stereocenters. The van der Waals surface area contributed by atoms with Crippen LogP contribution in [0.5, 0.6) is 0 Å². The molecule has 0 aliphatic heterocycles. The van der Waals surface area contributed by atoms with Gasteiger partial charge < -0.3 is 4.42 Å². The lowest BCUT2D eigenvalue weighted by molar-refractivity contribution is 0.670. The number of benzene rings is 8. The second-order valence-corrected chi connectivity index (χ2v) is 10.8. The molecule has 8 aromatic carbocycles. The van der Waals surface area contributed by atoms with Crippen LogP contribution in [0.4, 0.5) is 0 Å². The van der Waals surface area contributed by atoms with E-state index in [1.165, 1.54) is 70.9 Å². The van der Waals surface area contributed by atoms with Gasteiger partial charge in [0.2, 0.25) is 0 Å². The molecule has 0 atom stereocenters. The summed E-state index contributed by atoms with van der Waals surface area (Å²) in [6.45, 7) is 0. The van der Waals surface area contributed by atoms with Crippen molar-refractivity contribution < 1.29 is 4.42 Å². The fourth-order valence-corrected chi connectivity index (χ4v) is 6.82. The van der Waals surface area contributed by atoms with Crippen LogP contribution in [0.1, 0.15) is 0 Å². The fraction of sp³-hybridized carbons (Fsp3) is 0. The minimum Gasteiger partial charge on any atom is -0.455 e. The highest BCUT2D eigenvalue weighted by Crippen LogP contribution is 2.48. The van der Waals surface area contributed by atoms with Gasteiger partial charge in [-0.1, -0.05) is 133 Å². The van der Waals surface area contributed by atoms with E-state index < -0.39 is 0 Å². The standard InChI is InChI=1S/C40H24O/c1-2-9-25(10-3-1)26-17-19-28(20-18-26)36-30-12-4-6-14-32(30)39(33-15-7-5-13-31(33)36)34-24-23-29-22-21-27-11-8-16-35-37(27)38(29)40(34)41-35/h1-24H. The van der Waals surface area contributed by atoms with Crippen molar-refractivity contribution in [3.05, 3.63) is 146 Å². The first kappa shape index (κ1) is 22.4. The molecule has 0 radical (unpaired) electrons. The fourth-order valence-electron chi connectivity index (χ4n) is 6.82. The van der Waals surface area contributed by atoms with Crippen molar-refractivity contribution >= 4 is 54.3 Å². The van der Waals surface area contributed by atoms with Crippen molar-refractivity contribution in [1.29, 1.82) is 0 Å². The molecule has 0 spiro atoms. The van der Waals surface area contributed by atoms with Gasteiger partial charge in [0.25, 0.3) is 0 Å². The Balaban J connectivity index is 1.36. The predicted molar refractivity (Wildman–Crippen MR) is 174 cm³/mol. The molecule has 0 N–H and O–H groups in total. The van der Waals surface area contributed by atoms with Crippen LogP contribution in [-0.2, 0) is 0 Å². The van der Waals surface area contributed by atoms with E-state index in [4.69, 9.17) is 4.42 Å². The minimum absolute atomic E-state index is 0.944. The summed E-state index contributed by atoms with van der Waals surface area (Å²) in [5.74, 6) is 0. The predicted octanol–water partition coefficient (Wildman–Crippen LogP) is 11.5. The summed E-state index contributed by atoms with van der Waals surface area (Å²) in [7, 11) is 0. The van der Waals surface area contributed by atoms with E-state index >= 15 is 0 Å². The van der Waals surface area contributed by atoms with E-state index in [0.717, 1.165) is 16.7 Å². The summed E-state index contributed by atoms with van der Waals surface area (Å²) in [5.41, 5.74) is 9.21. The molecule has 0 aliphatic rings. The number of hydrogen-bond donors (Lipinski definition) is 0. The van der Waals surface area contributed by atoms with Crippen LogP contribution in [0, 0.1) is 0 Å². The molecule has 1 aromatic heterocycles. The molecule has 41 heavy (non-hydrogen) atoms. The van der Waals surface area contributed by atoms with Crippen LogP contribution in [0.25, 0.3) is 87.6 Å². The van der Waals surface area contributed by atoms with Gasteiger partial charge in [-0.2, -0.15) is 0 Å². The Bertz CT molecular complexity index is 2340. The average molecular weight is 521 g/mol. The molecule has 0 saturated carbocycles. The Morgan fingerprint density at radius 1 is 0.341 bits per heavy atom. The smallest absolute Gasteiger partial charge is 0.143 e. The zero-order valence-electron chi connectivity index (χ0n) is 22.3. The van der Waals surface area contributed by atoms with Gasteiger partial charge >= 0.3 is 0 Å². The molecular formula is C40H24O. The van der Waals surface area contributed by atoms with Crippen molar-refractivity contribution in [2.75, 3.05) is 0 Å².